The molecule has 4 nitrogen and oxygen atoms in total. The van der Waals surface area contributed by atoms with Crippen molar-refractivity contribution in [2.75, 3.05) is 0 Å². The van der Waals surface area contributed by atoms with Crippen molar-refractivity contribution in [1.82, 2.24) is 0 Å². The molecule has 2 N–H and O–H groups in total. The Bertz CT molecular complexity index is 373. The molecule has 0 aliphatic heterocycles. The van der Waals surface area contributed by atoms with Crippen LogP contribution in [-0.4, -0.2) is 22.5 Å². The van der Waals surface area contributed by atoms with Gasteiger partial charge >= 0.3 is 5.97 Å². The molecule has 13 heavy (non-hydrogen) atoms. The molecule has 0 heterocycles. The second-order valence-corrected chi connectivity index (χ2v) is 2.32. The number of halogens is 1. The molecule has 0 aromatic heterocycles. The van der Waals surface area contributed by atoms with Crippen LogP contribution in [0, 0.1) is 5.82 Å². The molecule has 0 radical (unpaired) electrons. The zero-order chi connectivity index (χ0) is 10.0. The van der Waals surface area contributed by atoms with Gasteiger partial charge in [0, 0.05) is 0 Å². The van der Waals surface area contributed by atoms with Gasteiger partial charge in [-0.05, 0) is 12.1 Å². The van der Waals surface area contributed by atoms with Gasteiger partial charge in [0.25, 0.3) is 0 Å². The van der Waals surface area contributed by atoms with Gasteiger partial charge < -0.3 is 10.2 Å². The monoisotopic (exact) mass is 184 g/mol. The molecule has 0 atom stereocenters. The molecule has 0 aliphatic carbocycles. The highest BCUT2D eigenvalue weighted by Gasteiger charge is 2.12. The van der Waals surface area contributed by atoms with Gasteiger partial charge in [0.2, 0.25) is 0 Å². The number of hydrogen-bond acceptors (Lipinski definition) is 3. The summed E-state index contributed by atoms with van der Waals surface area (Å²) >= 11 is 0. The topological polar surface area (TPSA) is 74.6 Å². The van der Waals surface area contributed by atoms with Crippen LogP contribution in [0.15, 0.2) is 12.1 Å². The lowest BCUT2D eigenvalue weighted by atomic mass is 10.1. The van der Waals surface area contributed by atoms with Crippen LogP contribution in [0.1, 0.15) is 20.7 Å². The van der Waals surface area contributed by atoms with Gasteiger partial charge in [-0.15, -0.1) is 0 Å². The van der Waals surface area contributed by atoms with Gasteiger partial charge in [-0.25, -0.2) is 9.18 Å². The molecule has 5 heteroatoms. The van der Waals surface area contributed by atoms with Crippen LogP contribution in [0.2, 0.25) is 0 Å². The highest BCUT2D eigenvalue weighted by Crippen LogP contribution is 2.21. The van der Waals surface area contributed by atoms with Crippen LogP contribution in [0.25, 0.3) is 0 Å². The number of carboxylic acids is 1. The van der Waals surface area contributed by atoms with E-state index in [1.165, 1.54) is 0 Å². The van der Waals surface area contributed by atoms with E-state index in [0.717, 1.165) is 6.07 Å². The van der Waals surface area contributed by atoms with Crippen LogP contribution in [0.3, 0.4) is 0 Å². The Morgan fingerprint density at radius 2 is 2.08 bits per heavy atom. The van der Waals surface area contributed by atoms with Gasteiger partial charge in [-0.1, -0.05) is 0 Å². The van der Waals surface area contributed by atoms with Crippen LogP contribution in [-0.2, 0) is 0 Å². The zero-order valence-corrected chi connectivity index (χ0v) is 6.32. The maximum absolute atomic E-state index is 12.7. The Morgan fingerprint density at radius 1 is 1.46 bits per heavy atom. The van der Waals surface area contributed by atoms with Crippen LogP contribution in [0.5, 0.6) is 5.75 Å². The fourth-order valence-corrected chi connectivity index (χ4v) is 0.834. The first-order valence-corrected chi connectivity index (χ1v) is 3.27. The van der Waals surface area contributed by atoms with Crippen molar-refractivity contribution >= 4 is 12.3 Å². The van der Waals surface area contributed by atoms with E-state index in [4.69, 9.17) is 10.2 Å². The molecule has 0 saturated carbocycles. The lowest BCUT2D eigenvalue weighted by molar-refractivity contribution is 0.0696. The molecule has 0 amide bonds. The average molecular weight is 184 g/mol. The summed E-state index contributed by atoms with van der Waals surface area (Å²) in [5, 5.41) is 17.4. The van der Waals surface area contributed by atoms with Gasteiger partial charge in [-0.2, -0.15) is 0 Å². The standard InChI is InChI=1S/C8H5FO4/c9-6-2-4(8(12)13)1-5(3-10)7(6)11/h1-3,11H,(H,12,13). The highest BCUT2D eigenvalue weighted by molar-refractivity contribution is 5.91. The predicted molar refractivity (Wildman–Crippen MR) is 40.4 cm³/mol. The summed E-state index contributed by atoms with van der Waals surface area (Å²) in [6.07, 6.45) is 0.185. The molecule has 1 aromatic carbocycles. The van der Waals surface area contributed by atoms with Crippen LogP contribution in [0.4, 0.5) is 4.39 Å². The quantitative estimate of drug-likeness (QED) is 0.673. The fraction of sp³-hybridized carbons (Fsp3) is 0. The number of hydrogen-bond donors (Lipinski definition) is 2. The number of carbonyl (C=O) groups excluding carboxylic acids is 1. The molecule has 0 bridgehead atoms. The number of aromatic carboxylic acids is 1. The van der Waals surface area contributed by atoms with Crippen molar-refractivity contribution < 1.29 is 24.2 Å². The maximum Gasteiger partial charge on any atom is 0.335 e. The lowest BCUT2D eigenvalue weighted by Crippen LogP contribution is -1.99. The molecular weight excluding hydrogens is 179 g/mol. The second-order valence-electron chi connectivity index (χ2n) is 2.32. The van der Waals surface area contributed by atoms with Crippen molar-refractivity contribution in [3.63, 3.8) is 0 Å². The maximum atomic E-state index is 12.7. The summed E-state index contributed by atoms with van der Waals surface area (Å²) in [7, 11) is 0. The first kappa shape index (κ1) is 9.18. The first-order valence-electron chi connectivity index (χ1n) is 3.27. The highest BCUT2D eigenvalue weighted by atomic mass is 19.1. The minimum absolute atomic E-state index is 0.185. The number of benzene rings is 1. The van der Waals surface area contributed by atoms with Gasteiger partial charge in [0.05, 0.1) is 11.1 Å². The Labute approximate surface area is 72.2 Å². The average Bonchev–Trinajstić information content (AvgIpc) is 2.09. The predicted octanol–water partition coefficient (Wildman–Crippen LogP) is 1.04. The molecule has 0 unspecified atom stereocenters. The van der Waals surface area contributed by atoms with Crippen molar-refractivity contribution in [2.24, 2.45) is 0 Å². The number of phenols is 1. The largest absolute Gasteiger partial charge is 0.504 e. The van der Waals surface area contributed by atoms with Crippen LogP contribution < -0.4 is 0 Å². The Hall–Kier alpha value is -1.91. The Kier molecular flexibility index (Phi) is 2.27. The summed E-state index contributed by atoms with van der Waals surface area (Å²) in [6.45, 7) is 0. The molecular formula is C8H5FO4. The number of carbonyl (C=O) groups is 2. The molecule has 0 spiro atoms. The SMILES string of the molecule is O=Cc1cc(C(=O)O)cc(F)c1O. The van der Waals surface area contributed by atoms with E-state index < -0.39 is 17.5 Å². The molecule has 1 rings (SSSR count). The Balaban J connectivity index is 3.38. The third-order valence-electron chi connectivity index (χ3n) is 1.47. The fourth-order valence-electron chi connectivity index (χ4n) is 0.834. The number of phenolic OH excluding ortho intramolecular Hbond substituents is 1. The molecule has 0 aliphatic rings. The summed E-state index contributed by atoms with van der Waals surface area (Å²) in [4.78, 5) is 20.6. The van der Waals surface area contributed by atoms with Gasteiger partial charge in [-0.3, -0.25) is 4.79 Å². The summed E-state index contributed by atoms with van der Waals surface area (Å²) in [6, 6.07) is 1.54. The van der Waals surface area contributed by atoms with Crippen molar-refractivity contribution in [3.8, 4) is 5.75 Å². The first-order chi connectivity index (χ1) is 6.06. The van der Waals surface area contributed by atoms with E-state index in [1.807, 2.05) is 0 Å². The number of rotatable bonds is 2. The Morgan fingerprint density at radius 3 is 2.54 bits per heavy atom. The smallest absolute Gasteiger partial charge is 0.335 e. The normalized spacial score (nSPS) is 9.62. The van der Waals surface area contributed by atoms with E-state index in [0.29, 0.717) is 6.07 Å². The second kappa shape index (κ2) is 3.22. The number of aldehydes is 1. The number of carboxylic acid groups (broad SMARTS) is 1. The summed E-state index contributed by atoms with van der Waals surface area (Å²) in [5.41, 5.74) is -0.755. The van der Waals surface area contributed by atoms with Gasteiger partial charge in [0.1, 0.15) is 0 Å². The third kappa shape index (κ3) is 1.64. The lowest BCUT2D eigenvalue weighted by Gasteiger charge is -2.00. The third-order valence-corrected chi connectivity index (χ3v) is 1.47. The summed E-state index contributed by atoms with van der Waals surface area (Å²) < 4.78 is 12.7. The molecule has 1 aromatic rings. The van der Waals surface area contributed by atoms with Crippen molar-refractivity contribution in [3.05, 3.63) is 29.1 Å². The number of aromatic hydroxyl groups is 1. The summed E-state index contributed by atoms with van der Waals surface area (Å²) in [5.74, 6) is -3.32. The minimum Gasteiger partial charge on any atom is -0.504 e. The van der Waals surface area contributed by atoms with E-state index in [2.05, 4.69) is 0 Å². The molecule has 0 fully saturated rings. The van der Waals surface area contributed by atoms with E-state index in [9.17, 15) is 14.0 Å². The van der Waals surface area contributed by atoms with Gasteiger partial charge in [0.15, 0.2) is 17.9 Å². The van der Waals surface area contributed by atoms with Crippen molar-refractivity contribution in [2.45, 2.75) is 0 Å². The van der Waals surface area contributed by atoms with E-state index in [1.54, 1.807) is 0 Å². The van der Waals surface area contributed by atoms with Crippen LogP contribution >= 0.6 is 0 Å². The molecule has 68 valence electrons. The zero-order valence-electron chi connectivity index (χ0n) is 6.32. The van der Waals surface area contributed by atoms with E-state index in [-0.39, 0.29) is 17.4 Å². The van der Waals surface area contributed by atoms with E-state index >= 15 is 0 Å². The van der Waals surface area contributed by atoms with Crippen molar-refractivity contribution in [1.29, 1.82) is 0 Å². The minimum atomic E-state index is -1.36. The molecule has 0 saturated heterocycles.